The minimum atomic E-state index is 0.702. The highest BCUT2D eigenvalue weighted by Crippen LogP contribution is 2.24. The maximum absolute atomic E-state index is 6.30. The van der Waals surface area contributed by atoms with Crippen molar-refractivity contribution in [2.24, 2.45) is 0 Å². The molecule has 0 saturated carbocycles. The molecule has 3 nitrogen and oxygen atoms in total. The molecule has 1 aromatic heterocycles. The predicted molar refractivity (Wildman–Crippen MR) is 79.3 cm³/mol. The average molecular weight is 268 g/mol. The summed E-state index contributed by atoms with van der Waals surface area (Å²) in [5, 5.41) is 3.96. The molecule has 0 bridgehead atoms. The number of hydrogen-bond acceptors (Lipinski definition) is 3. The van der Waals surface area contributed by atoms with Crippen molar-refractivity contribution in [2.45, 2.75) is 27.3 Å². The van der Waals surface area contributed by atoms with Crippen LogP contribution in [0.4, 0.5) is 5.82 Å². The summed E-state index contributed by atoms with van der Waals surface area (Å²) in [5.41, 5.74) is 2.21. The molecule has 0 unspecified atom stereocenters. The zero-order valence-corrected chi connectivity index (χ0v) is 12.2. The van der Waals surface area contributed by atoms with Gasteiger partial charge in [0.05, 0.1) is 5.02 Å². The van der Waals surface area contributed by atoms with Crippen LogP contribution in [0.2, 0.25) is 5.02 Å². The van der Waals surface area contributed by atoms with Gasteiger partial charge in [0.1, 0.15) is 5.82 Å². The summed E-state index contributed by atoms with van der Waals surface area (Å²) >= 11 is 6.30. The Morgan fingerprint density at radius 1 is 1.50 bits per heavy atom. The molecule has 1 heterocycles. The lowest BCUT2D eigenvalue weighted by Gasteiger charge is -2.23. The fourth-order valence-electron chi connectivity index (χ4n) is 1.73. The van der Waals surface area contributed by atoms with Crippen LogP contribution in [0.25, 0.3) is 0 Å². The second-order valence-corrected chi connectivity index (χ2v) is 4.81. The van der Waals surface area contributed by atoms with E-state index in [0.717, 1.165) is 43.1 Å². The normalized spacial score (nSPS) is 10.4. The number of pyridine rings is 1. The Bertz CT molecular complexity index is 404. The molecule has 18 heavy (non-hydrogen) atoms. The first-order valence-corrected chi connectivity index (χ1v) is 6.70. The van der Waals surface area contributed by atoms with Crippen LogP contribution in [0.5, 0.6) is 0 Å². The number of nitrogens with zero attached hydrogens (tertiary/aromatic N) is 2. The standard InChI is InChI=1S/C14H22ClN3/c1-5-16-8-12-7-13(15)14(17-9-12)18(6-2)10-11(3)4/h7,9,16H,3,5-6,8,10H2,1-2,4H3. The topological polar surface area (TPSA) is 28.2 Å². The van der Waals surface area contributed by atoms with Crippen molar-refractivity contribution >= 4 is 17.4 Å². The van der Waals surface area contributed by atoms with Crippen molar-refractivity contribution in [1.29, 1.82) is 0 Å². The van der Waals surface area contributed by atoms with E-state index in [2.05, 4.69) is 35.6 Å². The number of nitrogens with one attached hydrogen (secondary N) is 1. The van der Waals surface area contributed by atoms with Gasteiger partial charge in [0.25, 0.3) is 0 Å². The molecular weight excluding hydrogens is 246 g/mol. The molecule has 0 atom stereocenters. The van der Waals surface area contributed by atoms with Crippen LogP contribution in [0, 0.1) is 0 Å². The zero-order valence-electron chi connectivity index (χ0n) is 11.5. The third-order valence-corrected chi connectivity index (χ3v) is 2.88. The summed E-state index contributed by atoms with van der Waals surface area (Å²) in [7, 11) is 0. The number of anilines is 1. The number of halogens is 1. The van der Waals surface area contributed by atoms with Gasteiger partial charge in [-0.05, 0) is 32.0 Å². The number of hydrogen-bond donors (Lipinski definition) is 1. The summed E-state index contributed by atoms with van der Waals surface area (Å²) in [6.07, 6.45) is 1.88. The van der Waals surface area contributed by atoms with Gasteiger partial charge in [-0.15, -0.1) is 0 Å². The van der Waals surface area contributed by atoms with E-state index in [1.54, 1.807) is 0 Å². The van der Waals surface area contributed by atoms with Crippen molar-refractivity contribution in [3.8, 4) is 0 Å². The Balaban J connectivity index is 2.85. The zero-order chi connectivity index (χ0) is 13.5. The molecule has 0 spiro atoms. The van der Waals surface area contributed by atoms with Crippen molar-refractivity contribution in [2.75, 3.05) is 24.5 Å². The van der Waals surface area contributed by atoms with Gasteiger partial charge >= 0.3 is 0 Å². The quantitative estimate of drug-likeness (QED) is 0.769. The van der Waals surface area contributed by atoms with E-state index in [4.69, 9.17) is 11.6 Å². The van der Waals surface area contributed by atoms with E-state index in [1.807, 2.05) is 19.2 Å². The molecule has 0 aromatic carbocycles. The van der Waals surface area contributed by atoms with E-state index in [1.165, 1.54) is 0 Å². The molecule has 0 amide bonds. The Morgan fingerprint density at radius 3 is 2.72 bits per heavy atom. The Labute approximate surface area is 115 Å². The van der Waals surface area contributed by atoms with Crippen molar-refractivity contribution < 1.29 is 0 Å². The molecular formula is C14H22ClN3. The van der Waals surface area contributed by atoms with Crippen LogP contribution in [0.15, 0.2) is 24.4 Å². The van der Waals surface area contributed by atoms with Gasteiger partial charge in [0.2, 0.25) is 0 Å². The van der Waals surface area contributed by atoms with E-state index < -0.39 is 0 Å². The summed E-state index contributed by atoms with van der Waals surface area (Å²) in [6, 6.07) is 1.98. The van der Waals surface area contributed by atoms with E-state index in [0.29, 0.717) is 5.02 Å². The first kappa shape index (κ1) is 15.0. The van der Waals surface area contributed by atoms with Crippen LogP contribution in [0.1, 0.15) is 26.3 Å². The molecule has 1 N–H and O–H groups in total. The highest BCUT2D eigenvalue weighted by Gasteiger charge is 2.11. The Kier molecular flexibility index (Phi) is 6.16. The summed E-state index contributed by atoms with van der Waals surface area (Å²) < 4.78 is 0. The second kappa shape index (κ2) is 7.39. The lowest BCUT2D eigenvalue weighted by molar-refractivity contribution is 0.723. The third-order valence-electron chi connectivity index (χ3n) is 2.60. The highest BCUT2D eigenvalue weighted by molar-refractivity contribution is 6.33. The molecule has 100 valence electrons. The molecule has 4 heteroatoms. The monoisotopic (exact) mass is 267 g/mol. The van der Waals surface area contributed by atoms with Crippen LogP contribution < -0.4 is 10.2 Å². The van der Waals surface area contributed by atoms with Gasteiger partial charge in [0.15, 0.2) is 0 Å². The Hall–Kier alpha value is -1.06. The minimum Gasteiger partial charge on any atom is -0.352 e. The second-order valence-electron chi connectivity index (χ2n) is 4.40. The van der Waals surface area contributed by atoms with Gasteiger partial charge in [0, 0.05) is 25.8 Å². The van der Waals surface area contributed by atoms with Gasteiger partial charge in [-0.2, -0.15) is 0 Å². The summed E-state index contributed by atoms with van der Waals surface area (Å²) in [4.78, 5) is 6.59. The Morgan fingerprint density at radius 2 is 2.22 bits per heavy atom. The smallest absolute Gasteiger partial charge is 0.147 e. The van der Waals surface area contributed by atoms with Crippen LogP contribution in [0.3, 0.4) is 0 Å². The van der Waals surface area contributed by atoms with Crippen LogP contribution in [-0.4, -0.2) is 24.6 Å². The van der Waals surface area contributed by atoms with Crippen LogP contribution >= 0.6 is 11.6 Å². The van der Waals surface area contributed by atoms with E-state index in [9.17, 15) is 0 Å². The molecule has 1 aromatic rings. The predicted octanol–water partition coefficient (Wildman–Crippen LogP) is 3.25. The lowest BCUT2D eigenvalue weighted by atomic mass is 10.2. The third kappa shape index (κ3) is 4.31. The first-order valence-electron chi connectivity index (χ1n) is 6.32. The fraction of sp³-hybridized carbons (Fsp3) is 0.500. The first-order chi connectivity index (χ1) is 8.58. The minimum absolute atomic E-state index is 0.702. The van der Waals surface area contributed by atoms with E-state index >= 15 is 0 Å². The number of likely N-dealkylation sites (N-methyl/N-ethyl adjacent to an activating group) is 1. The summed E-state index contributed by atoms with van der Waals surface area (Å²) in [5.74, 6) is 0.836. The van der Waals surface area contributed by atoms with Gasteiger partial charge in [-0.25, -0.2) is 4.98 Å². The van der Waals surface area contributed by atoms with Gasteiger partial charge in [-0.3, -0.25) is 0 Å². The maximum atomic E-state index is 6.30. The van der Waals surface area contributed by atoms with Crippen LogP contribution in [-0.2, 0) is 6.54 Å². The molecule has 0 aliphatic heterocycles. The number of aromatic nitrogens is 1. The molecule has 0 aliphatic rings. The highest BCUT2D eigenvalue weighted by atomic mass is 35.5. The lowest BCUT2D eigenvalue weighted by Crippen LogP contribution is -2.26. The molecule has 0 radical (unpaired) electrons. The number of rotatable bonds is 7. The van der Waals surface area contributed by atoms with Crippen molar-refractivity contribution in [1.82, 2.24) is 10.3 Å². The average Bonchev–Trinajstić information content (AvgIpc) is 2.33. The van der Waals surface area contributed by atoms with Crippen molar-refractivity contribution in [3.05, 3.63) is 35.0 Å². The van der Waals surface area contributed by atoms with Crippen molar-refractivity contribution in [3.63, 3.8) is 0 Å². The van der Waals surface area contributed by atoms with E-state index in [-0.39, 0.29) is 0 Å². The molecule has 0 saturated heterocycles. The fourth-order valence-corrected chi connectivity index (χ4v) is 2.04. The van der Waals surface area contributed by atoms with Gasteiger partial charge in [-0.1, -0.05) is 30.7 Å². The molecule has 0 fully saturated rings. The maximum Gasteiger partial charge on any atom is 0.147 e. The largest absolute Gasteiger partial charge is 0.352 e. The van der Waals surface area contributed by atoms with Gasteiger partial charge < -0.3 is 10.2 Å². The molecule has 0 aliphatic carbocycles. The summed E-state index contributed by atoms with van der Waals surface area (Å²) in [6.45, 7) is 13.5. The SMILES string of the molecule is C=C(C)CN(CC)c1ncc(CNCC)cc1Cl. The molecule has 1 rings (SSSR count).